The third-order valence-corrected chi connectivity index (χ3v) is 11.0. The first-order chi connectivity index (χ1) is 27.2. The largest absolute Gasteiger partial charge is 0.507 e. The molecule has 0 saturated carbocycles. The maximum absolute atomic E-state index is 12.4. The fourth-order valence-electron chi connectivity index (χ4n) is 8.24. The molecule has 0 spiro atoms. The number of aromatic nitrogens is 4. The summed E-state index contributed by atoms with van der Waals surface area (Å²) in [6.07, 6.45) is 3.58. The minimum Gasteiger partial charge on any atom is -0.507 e. The number of hydrogen-bond acceptors (Lipinski definition) is 4. The fourth-order valence-corrected chi connectivity index (χ4v) is 8.24. The number of para-hydroxylation sites is 2. The average molecular weight is 747 g/mol. The van der Waals surface area contributed by atoms with E-state index in [2.05, 4.69) is 186 Å². The molecule has 6 aromatic carbocycles. The van der Waals surface area contributed by atoms with Crippen LogP contribution in [0.2, 0.25) is 0 Å². The van der Waals surface area contributed by atoms with Gasteiger partial charge in [-0.1, -0.05) is 126 Å². The molecule has 0 bridgehead atoms. The number of phenols is 1. The second-order valence-corrected chi connectivity index (χ2v) is 17.4. The molecule has 5 nitrogen and oxygen atoms in total. The van der Waals surface area contributed by atoms with E-state index in [0.29, 0.717) is 17.2 Å². The lowest BCUT2D eigenvalue weighted by Crippen LogP contribution is -2.17. The van der Waals surface area contributed by atoms with Crippen molar-refractivity contribution in [3.8, 4) is 67.6 Å². The Morgan fingerprint density at radius 3 is 1.86 bits per heavy atom. The molecule has 0 radical (unpaired) electrons. The topological polar surface area (TPSA) is 63.8 Å². The molecule has 0 amide bonds. The van der Waals surface area contributed by atoms with Gasteiger partial charge in [0.15, 0.2) is 5.82 Å². The number of fused-ring (bicyclic) bond motifs is 1. The van der Waals surface area contributed by atoms with Gasteiger partial charge in [-0.3, -0.25) is 4.57 Å². The molecule has 2 aromatic heterocycles. The Balaban J connectivity index is 1.48. The van der Waals surface area contributed by atoms with Crippen LogP contribution in [0.4, 0.5) is 0 Å². The highest BCUT2D eigenvalue weighted by Gasteiger charge is 2.29. The highest BCUT2D eigenvalue weighted by Crippen LogP contribution is 2.46. The molecule has 2 heterocycles. The van der Waals surface area contributed by atoms with Crippen molar-refractivity contribution in [2.45, 2.75) is 73.1 Å². The third-order valence-electron chi connectivity index (χ3n) is 11.0. The van der Waals surface area contributed by atoms with E-state index < -0.39 is 0 Å². The van der Waals surface area contributed by atoms with Crippen molar-refractivity contribution < 1.29 is 5.11 Å². The summed E-state index contributed by atoms with van der Waals surface area (Å²) in [4.78, 5) is 15.0. The molecule has 0 aliphatic carbocycles. The van der Waals surface area contributed by atoms with Gasteiger partial charge in [0.05, 0.1) is 22.3 Å². The molecule has 1 N–H and O–H groups in total. The SMILES string of the molecule is Cc1cc(C)c(-c2cc(-c3ncccn3)cc(-c3cccc4c3nc(-c3cc(C(C)(C)C)cc(C(C)(C)C)c3O)n4-c3ccccc3-c3ccccc3)c2)c(C)c1. The van der Waals surface area contributed by atoms with E-state index in [4.69, 9.17) is 4.98 Å². The summed E-state index contributed by atoms with van der Waals surface area (Å²) >= 11 is 0. The summed E-state index contributed by atoms with van der Waals surface area (Å²) < 4.78 is 2.24. The third kappa shape index (κ3) is 7.03. The van der Waals surface area contributed by atoms with Gasteiger partial charge in [0.25, 0.3) is 0 Å². The Bertz CT molecular complexity index is 2760. The van der Waals surface area contributed by atoms with Crippen LogP contribution in [0.3, 0.4) is 0 Å². The maximum Gasteiger partial charge on any atom is 0.159 e. The summed E-state index contributed by atoms with van der Waals surface area (Å²) in [5.41, 5.74) is 16.1. The zero-order chi connectivity index (χ0) is 40.2. The number of nitrogens with zero attached hydrogens (tertiary/aromatic N) is 4. The lowest BCUT2D eigenvalue weighted by molar-refractivity contribution is 0.446. The summed E-state index contributed by atoms with van der Waals surface area (Å²) in [7, 11) is 0. The number of rotatable bonds is 6. The van der Waals surface area contributed by atoms with Crippen LogP contribution in [0.1, 0.15) is 69.4 Å². The van der Waals surface area contributed by atoms with Gasteiger partial charge < -0.3 is 5.11 Å². The van der Waals surface area contributed by atoms with Crippen LogP contribution in [-0.2, 0) is 10.8 Å². The molecule has 0 unspecified atom stereocenters. The predicted molar refractivity (Wildman–Crippen MR) is 237 cm³/mol. The fraction of sp³-hybridized carbons (Fsp3) is 0.212. The first-order valence-corrected chi connectivity index (χ1v) is 19.7. The molecule has 0 fully saturated rings. The Morgan fingerprint density at radius 1 is 0.544 bits per heavy atom. The number of phenolic OH excluding ortho intramolecular Hbond substituents is 1. The van der Waals surface area contributed by atoms with E-state index in [1.807, 2.05) is 12.1 Å². The van der Waals surface area contributed by atoms with Crippen molar-refractivity contribution in [3.63, 3.8) is 0 Å². The van der Waals surface area contributed by atoms with E-state index in [1.165, 1.54) is 22.3 Å². The number of imidazole rings is 1. The quantitative estimate of drug-likeness (QED) is 0.184. The number of aromatic hydroxyl groups is 1. The Hall–Kier alpha value is -6.33. The zero-order valence-corrected chi connectivity index (χ0v) is 34.4. The van der Waals surface area contributed by atoms with E-state index in [-0.39, 0.29) is 16.6 Å². The summed E-state index contributed by atoms with van der Waals surface area (Å²) in [6, 6.07) is 42.7. The van der Waals surface area contributed by atoms with E-state index >= 15 is 0 Å². The van der Waals surface area contributed by atoms with Gasteiger partial charge in [0.2, 0.25) is 0 Å². The van der Waals surface area contributed by atoms with Crippen molar-refractivity contribution in [1.82, 2.24) is 19.5 Å². The summed E-state index contributed by atoms with van der Waals surface area (Å²) in [6.45, 7) is 19.6. The lowest BCUT2D eigenvalue weighted by Gasteiger charge is -2.27. The monoisotopic (exact) mass is 746 g/mol. The summed E-state index contributed by atoms with van der Waals surface area (Å²) in [5.74, 6) is 1.60. The standard InChI is InChI=1S/C52H50N4O/c1-32-25-33(2)46(34(3)26-32)37-27-36(28-38(29-37)49-53-23-16-24-54-49)41-20-15-22-45-47(41)55-50(42-30-39(51(4,5)6)31-43(48(42)57)52(7,8)9)56(45)44-21-14-13-19-40(44)35-17-11-10-12-18-35/h10-31,57H,1-9H3. The van der Waals surface area contributed by atoms with Gasteiger partial charge in [-0.25, -0.2) is 15.0 Å². The van der Waals surface area contributed by atoms with Gasteiger partial charge >= 0.3 is 0 Å². The highest BCUT2D eigenvalue weighted by atomic mass is 16.3. The van der Waals surface area contributed by atoms with Gasteiger partial charge in [-0.05, 0) is 113 Å². The minimum absolute atomic E-state index is 0.172. The second-order valence-electron chi connectivity index (χ2n) is 17.4. The van der Waals surface area contributed by atoms with Crippen LogP contribution in [0, 0.1) is 20.8 Å². The molecule has 0 aliphatic heterocycles. The molecule has 0 aliphatic rings. The Morgan fingerprint density at radius 2 is 1.18 bits per heavy atom. The first-order valence-electron chi connectivity index (χ1n) is 19.7. The lowest BCUT2D eigenvalue weighted by atomic mass is 9.79. The maximum atomic E-state index is 12.4. The smallest absolute Gasteiger partial charge is 0.159 e. The zero-order valence-electron chi connectivity index (χ0n) is 34.4. The van der Waals surface area contributed by atoms with Crippen LogP contribution in [0.5, 0.6) is 5.75 Å². The van der Waals surface area contributed by atoms with Crippen molar-refractivity contribution in [2.75, 3.05) is 0 Å². The highest BCUT2D eigenvalue weighted by molar-refractivity contribution is 5.98. The van der Waals surface area contributed by atoms with E-state index in [0.717, 1.165) is 61.2 Å². The molecular formula is C52H50N4O. The van der Waals surface area contributed by atoms with Crippen molar-refractivity contribution in [1.29, 1.82) is 0 Å². The average Bonchev–Trinajstić information content (AvgIpc) is 3.57. The second kappa shape index (κ2) is 14.3. The van der Waals surface area contributed by atoms with Crippen LogP contribution < -0.4 is 0 Å². The molecule has 8 rings (SSSR count). The van der Waals surface area contributed by atoms with Crippen LogP contribution in [0.15, 0.2) is 134 Å². The normalized spacial score (nSPS) is 12.0. The van der Waals surface area contributed by atoms with Crippen molar-refractivity contribution in [2.24, 2.45) is 0 Å². The summed E-state index contributed by atoms with van der Waals surface area (Å²) in [5, 5.41) is 12.4. The predicted octanol–water partition coefficient (Wildman–Crippen LogP) is 13.4. The molecular weight excluding hydrogens is 697 g/mol. The van der Waals surface area contributed by atoms with E-state index in [9.17, 15) is 5.11 Å². The van der Waals surface area contributed by atoms with Gasteiger partial charge in [0.1, 0.15) is 11.6 Å². The molecule has 8 aromatic rings. The number of aryl methyl sites for hydroxylation is 3. The first kappa shape index (κ1) is 37.6. The number of benzene rings is 6. The molecule has 5 heteroatoms. The van der Waals surface area contributed by atoms with Gasteiger partial charge in [-0.15, -0.1) is 0 Å². The Kier molecular flexibility index (Phi) is 9.44. The van der Waals surface area contributed by atoms with E-state index in [1.54, 1.807) is 12.4 Å². The minimum atomic E-state index is -0.313. The van der Waals surface area contributed by atoms with Crippen LogP contribution in [0.25, 0.3) is 72.9 Å². The molecule has 284 valence electrons. The van der Waals surface area contributed by atoms with Crippen LogP contribution in [-0.4, -0.2) is 24.6 Å². The number of hydrogen-bond donors (Lipinski definition) is 1. The molecule has 0 atom stereocenters. The molecule has 0 saturated heterocycles. The van der Waals surface area contributed by atoms with Gasteiger partial charge in [-0.2, -0.15) is 0 Å². The van der Waals surface area contributed by atoms with Crippen LogP contribution >= 0.6 is 0 Å². The van der Waals surface area contributed by atoms with Gasteiger partial charge in [0, 0.05) is 34.6 Å². The van der Waals surface area contributed by atoms with Crippen molar-refractivity contribution in [3.05, 3.63) is 162 Å². The van der Waals surface area contributed by atoms with Crippen molar-refractivity contribution >= 4 is 11.0 Å². The molecule has 57 heavy (non-hydrogen) atoms. The Labute approximate surface area is 336 Å².